The molecule has 2 fully saturated rings. The van der Waals surface area contributed by atoms with Gasteiger partial charge >= 0.3 is 0 Å². The largest absolute Gasteiger partial charge is 0.396 e. The topological polar surface area (TPSA) is 29.5 Å². The normalized spacial score (nSPS) is 26.1. The van der Waals surface area contributed by atoms with Crippen molar-refractivity contribution < 1.29 is 14.2 Å². The van der Waals surface area contributed by atoms with Crippen molar-refractivity contribution in [2.24, 2.45) is 0 Å². The zero-order valence-electron chi connectivity index (χ0n) is 12.6. The van der Waals surface area contributed by atoms with Crippen LogP contribution in [0.1, 0.15) is 62.8 Å². The van der Waals surface area contributed by atoms with Crippen LogP contribution >= 0.6 is 0 Å². The van der Waals surface area contributed by atoms with Gasteiger partial charge in [-0.2, -0.15) is 0 Å². The van der Waals surface area contributed by atoms with Crippen molar-refractivity contribution in [2.45, 2.75) is 69.0 Å². The standard InChI is InChI=1S/C18H25FO2/c19-17-7-3-2-6-16(17)14(13-20)12-15-8-11-18(21-15)9-4-1-5-10-18/h2-3,6-7,14-15,20H,1,4-5,8-13H2. The molecule has 0 aromatic heterocycles. The Bertz CT molecular complexity index is 468. The summed E-state index contributed by atoms with van der Waals surface area (Å²) in [6.07, 6.45) is 9.27. The van der Waals surface area contributed by atoms with Gasteiger partial charge in [0.05, 0.1) is 18.3 Å². The highest BCUT2D eigenvalue weighted by atomic mass is 19.1. The minimum absolute atomic E-state index is 0.0200. The lowest BCUT2D eigenvalue weighted by atomic mass is 9.83. The number of halogens is 1. The molecule has 1 aliphatic heterocycles. The van der Waals surface area contributed by atoms with E-state index in [4.69, 9.17) is 4.74 Å². The lowest BCUT2D eigenvalue weighted by Crippen LogP contribution is -2.32. The van der Waals surface area contributed by atoms with Crippen LogP contribution < -0.4 is 0 Å². The van der Waals surface area contributed by atoms with Gasteiger partial charge in [-0.25, -0.2) is 4.39 Å². The molecule has 2 aliphatic rings. The molecule has 1 aromatic rings. The second-order valence-electron chi connectivity index (χ2n) is 6.66. The lowest BCUT2D eigenvalue weighted by Gasteiger charge is -2.33. The Morgan fingerprint density at radius 1 is 1.19 bits per heavy atom. The summed E-state index contributed by atoms with van der Waals surface area (Å²) in [6, 6.07) is 6.77. The van der Waals surface area contributed by atoms with Gasteiger partial charge in [0.2, 0.25) is 0 Å². The van der Waals surface area contributed by atoms with Gasteiger partial charge in [0.25, 0.3) is 0 Å². The third-order valence-electron chi connectivity index (χ3n) is 5.22. The maximum absolute atomic E-state index is 13.9. The number of benzene rings is 1. The van der Waals surface area contributed by atoms with Crippen LogP contribution in [0.3, 0.4) is 0 Å². The highest BCUT2D eigenvalue weighted by Crippen LogP contribution is 2.44. The number of hydrogen-bond donors (Lipinski definition) is 1. The molecule has 0 radical (unpaired) electrons. The summed E-state index contributed by atoms with van der Waals surface area (Å²) in [5.74, 6) is -0.378. The molecule has 1 N–H and O–H groups in total. The molecule has 3 heteroatoms. The summed E-state index contributed by atoms with van der Waals surface area (Å²) < 4.78 is 20.2. The number of rotatable bonds is 4. The zero-order chi connectivity index (χ0) is 14.7. The van der Waals surface area contributed by atoms with E-state index in [1.54, 1.807) is 12.1 Å². The van der Waals surface area contributed by atoms with Crippen molar-refractivity contribution in [3.63, 3.8) is 0 Å². The van der Waals surface area contributed by atoms with Gasteiger partial charge in [-0.05, 0) is 43.7 Å². The van der Waals surface area contributed by atoms with Crippen molar-refractivity contribution in [3.8, 4) is 0 Å². The quantitative estimate of drug-likeness (QED) is 0.902. The first kappa shape index (κ1) is 15.0. The molecule has 2 atom stereocenters. The van der Waals surface area contributed by atoms with Crippen LogP contribution in [0.2, 0.25) is 0 Å². The SMILES string of the molecule is OCC(CC1CCC2(CCCCC2)O1)c1ccccc1F. The van der Waals surface area contributed by atoms with Gasteiger partial charge in [-0.1, -0.05) is 37.5 Å². The van der Waals surface area contributed by atoms with E-state index in [2.05, 4.69) is 0 Å². The fourth-order valence-electron chi connectivity index (χ4n) is 4.05. The molecule has 1 aliphatic carbocycles. The maximum Gasteiger partial charge on any atom is 0.126 e. The predicted molar refractivity (Wildman–Crippen MR) is 80.8 cm³/mol. The van der Waals surface area contributed by atoms with Crippen LogP contribution in [0.4, 0.5) is 4.39 Å². The molecule has 1 aromatic carbocycles. The third-order valence-corrected chi connectivity index (χ3v) is 5.22. The molecule has 1 heterocycles. The van der Waals surface area contributed by atoms with Crippen LogP contribution in [-0.2, 0) is 4.74 Å². The fraction of sp³-hybridized carbons (Fsp3) is 0.667. The first-order chi connectivity index (χ1) is 10.2. The molecule has 116 valence electrons. The molecule has 2 unspecified atom stereocenters. The predicted octanol–water partition coefficient (Wildman–Crippen LogP) is 4.17. The van der Waals surface area contributed by atoms with Gasteiger partial charge < -0.3 is 9.84 Å². The zero-order valence-corrected chi connectivity index (χ0v) is 12.6. The van der Waals surface area contributed by atoms with Crippen LogP contribution in [0.25, 0.3) is 0 Å². The monoisotopic (exact) mass is 292 g/mol. The average molecular weight is 292 g/mol. The summed E-state index contributed by atoms with van der Waals surface area (Å²) in [5, 5.41) is 9.64. The van der Waals surface area contributed by atoms with Crippen molar-refractivity contribution in [1.82, 2.24) is 0 Å². The van der Waals surface area contributed by atoms with E-state index < -0.39 is 0 Å². The van der Waals surface area contributed by atoms with E-state index in [1.807, 2.05) is 6.07 Å². The Hall–Kier alpha value is -0.930. The Labute approximate surface area is 126 Å². The van der Waals surface area contributed by atoms with Crippen molar-refractivity contribution in [2.75, 3.05) is 6.61 Å². The first-order valence-corrected chi connectivity index (χ1v) is 8.25. The maximum atomic E-state index is 13.9. The Morgan fingerprint density at radius 2 is 1.95 bits per heavy atom. The molecule has 0 bridgehead atoms. The second kappa shape index (κ2) is 6.45. The highest BCUT2D eigenvalue weighted by molar-refractivity contribution is 5.22. The molecule has 0 amide bonds. The molecular formula is C18H25FO2. The van der Waals surface area contributed by atoms with E-state index in [0.29, 0.717) is 5.56 Å². The summed E-state index contributed by atoms with van der Waals surface area (Å²) in [4.78, 5) is 0. The summed E-state index contributed by atoms with van der Waals surface area (Å²) in [5.41, 5.74) is 0.714. The minimum Gasteiger partial charge on any atom is -0.396 e. The molecule has 21 heavy (non-hydrogen) atoms. The highest BCUT2D eigenvalue weighted by Gasteiger charge is 2.41. The lowest BCUT2D eigenvalue weighted by molar-refractivity contribution is -0.0685. The third kappa shape index (κ3) is 3.29. The van der Waals surface area contributed by atoms with E-state index in [-0.39, 0.29) is 30.0 Å². The smallest absolute Gasteiger partial charge is 0.126 e. The van der Waals surface area contributed by atoms with Crippen molar-refractivity contribution >= 4 is 0 Å². The van der Waals surface area contributed by atoms with E-state index >= 15 is 0 Å². The Kier molecular flexibility index (Phi) is 4.60. The van der Waals surface area contributed by atoms with Gasteiger partial charge in [-0.15, -0.1) is 0 Å². The number of aliphatic hydroxyl groups is 1. The molecule has 3 rings (SSSR count). The van der Waals surface area contributed by atoms with Gasteiger partial charge in [0.1, 0.15) is 5.82 Å². The molecule has 1 spiro atoms. The average Bonchev–Trinajstić information content (AvgIpc) is 2.89. The first-order valence-electron chi connectivity index (χ1n) is 8.25. The summed E-state index contributed by atoms with van der Waals surface area (Å²) in [7, 11) is 0. The van der Waals surface area contributed by atoms with Gasteiger partial charge in [0, 0.05) is 5.92 Å². The minimum atomic E-state index is -0.220. The van der Waals surface area contributed by atoms with Crippen LogP contribution in [0.15, 0.2) is 24.3 Å². The second-order valence-corrected chi connectivity index (χ2v) is 6.66. The van der Waals surface area contributed by atoms with Crippen molar-refractivity contribution in [1.29, 1.82) is 0 Å². The molecule has 1 saturated heterocycles. The number of ether oxygens (including phenoxy) is 1. The summed E-state index contributed by atoms with van der Waals surface area (Å²) >= 11 is 0. The summed E-state index contributed by atoms with van der Waals surface area (Å²) in [6.45, 7) is -0.0200. The van der Waals surface area contributed by atoms with Gasteiger partial charge in [0.15, 0.2) is 0 Å². The van der Waals surface area contributed by atoms with Crippen molar-refractivity contribution in [3.05, 3.63) is 35.6 Å². The number of hydrogen-bond acceptors (Lipinski definition) is 2. The molecule has 1 saturated carbocycles. The molecular weight excluding hydrogens is 267 g/mol. The van der Waals surface area contributed by atoms with E-state index in [9.17, 15) is 9.50 Å². The van der Waals surface area contributed by atoms with E-state index in [0.717, 1.165) is 19.3 Å². The fourth-order valence-corrected chi connectivity index (χ4v) is 4.05. The van der Waals surface area contributed by atoms with Crippen LogP contribution in [-0.4, -0.2) is 23.4 Å². The Balaban J connectivity index is 1.64. The van der Waals surface area contributed by atoms with Gasteiger partial charge in [-0.3, -0.25) is 0 Å². The van der Waals surface area contributed by atoms with Crippen LogP contribution in [0, 0.1) is 5.82 Å². The van der Waals surface area contributed by atoms with E-state index in [1.165, 1.54) is 38.2 Å². The molecule has 2 nitrogen and oxygen atoms in total. The Morgan fingerprint density at radius 3 is 2.67 bits per heavy atom. The number of aliphatic hydroxyl groups excluding tert-OH is 1. The van der Waals surface area contributed by atoms with Crippen LogP contribution in [0.5, 0.6) is 0 Å².